The van der Waals surface area contributed by atoms with Gasteiger partial charge in [-0.05, 0) is 43.4 Å². The Bertz CT molecular complexity index is 771. The first-order chi connectivity index (χ1) is 13.2. The quantitative estimate of drug-likeness (QED) is 0.776. The molecule has 2 fully saturated rings. The lowest BCUT2D eigenvalue weighted by molar-refractivity contribution is -0.139. The number of piperidine rings is 1. The lowest BCUT2D eigenvalue weighted by Gasteiger charge is -2.31. The Labute approximate surface area is 161 Å². The van der Waals surface area contributed by atoms with Crippen LogP contribution in [0.3, 0.4) is 0 Å². The summed E-state index contributed by atoms with van der Waals surface area (Å²) >= 11 is 0. The third-order valence-corrected chi connectivity index (χ3v) is 5.23. The minimum absolute atomic E-state index is 0.0506. The molecule has 152 valence electrons. The summed E-state index contributed by atoms with van der Waals surface area (Å²) < 4.78 is 28.9. The van der Waals surface area contributed by atoms with Crippen molar-refractivity contribution in [3.63, 3.8) is 0 Å². The maximum atomic E-state index is 12.9. The Morgan fingerprint density at radius 1 is 1.32 bits per heavy atom. The van der Waals surface area contributed by atoms with Gasteiger partial charge in [0.1, 0.15) is 17.8 Å². The van der Waals surface area contributed by atoms with Crippen molar-refractivity contribution < 1.29 is 27.9 Å². The zero-order chi connectivity index (χ0) is 20.5. The van der Waals surface area contributed by atoms with Crippen LogP contribution in [0.2, 0.25) is 0 Å². The number of amides is 4. The van der Waals surface area contributed by atoms with Crippen LogP contribution >= 0.6 is 0 Å². The van der Waals surface area contributed by atoms with E-state index in [-0.39, 0.29) is 18.2 Å². The van der Waals surface area contributed by atoms with Crippen molar-refractivity contribution in [1.82, 2.24) is 15.1 Å². The van der Waals surface area contributed by atoms with Gasteiger partial charge in [-0.2, -0.15) is 8.78 Å². The van der Waals surface area contributed by atoms with Gasteiger partial charge in [0.2, 0.25) is 5.91 Å². The van der Waals surface area contributed by atoms with Crippen LogP contribution in [0.5, 0.6) is 5.75 Å². The van der Waals surface area contributed by atoms with E-state index in [9.17, 15) is 23.2 Å². The highest BCUT2D eigenvalue weighted by Gasteiger charge is 2.49. The van der Waals surface area contributed by atoms with Crippen LogP contribution in [0.15, 0.2) is 24.3 Å². The predicted octanol–water partition coefficient (Wildman–Crippen LogP) is 2.31. The SMILES string of the molecule is C[C@H]1CCCN(C(=O)CN2C(=O)N[C@@](C)(c3ccc(OC(F)F)cc3)C2=O)C1. The highest BCUT2D eigenvalue weighted by atomic mass is 19.3. The van der Waals surface area contributed by atoms with E-state index in [1.54, 1.807) is 4.90 Å². The molecule has 9 heteroatoms. The largest absolute Gasteiger partial charge is 0.435 e. The molecule has 2 saturated heterocycles. The summed E-state index contributed by atoms with van der Waals surface area (Å²) in [7, 11) is 0. The van der Waals surface area contributed by atoms with E-state index in [0.29, 0.717) is 24.6 Å². The number of nitrogens with zero attached hydrogens (tertiary/aromatic N) is 2. The van der Waals surface area contributed by atoms with Gasteiger partial charge in [-0.15, -0.1) is 0 Å². The molecule has 0 aromatic heterocycles. The van der Waals surface area contributed by atoms with Crippen LogP contribution in [-0.2, 0) is 15.1 Å². The van der Waals surface area contributed by atoms with Gasteiger partial charge in [0.25, 0.3) is 5.91 Å². The van der Waals surface area contributed by atoms with Gasteiger partial charge in [-0.25, -0.2) is 4.79 Å². The summed E-state index contributed by atoms with van der Waals surface area (Å²) in [5, 5.41) is 2.60. The zero-order valence-electron chi connectivity index (χ0n) is 15.8. The van der Waals surface area contributed by atoms with E-state index in [0.717, 1.165) is 17.7 Å². The topological polar surface area (TPSA) is 79.0 Å². The summed E-state index contributed by atoms with van der Waals surface area (Å²) in [6.45, 7) is 1.55. The molecule has 7 nitrogen and oxygen atoms in total. The standard InChI is InChI=1S/C19H23F2N3O4/c1-12-4-3-9-23(10-12)15(25)11-24-16(26)19(2,22-18(24)27)13-5-7-14(8-6-13)28-17(20)21/h5-8,12,17H,3-4,9-11H2,1-2H3,(H,22,27)/t12-,19-/m0/s1. The first kappa shape index (κ1) is 20.0. The summed E-state index contributed by atoms with van der Waals surface area (Å²) in [4.78, 5) is 40.4. The van der Waals surface area contributed by atoms with E-state index in [4.69, 9.17) is 0 Å². The number of carbonyl (C=O) groups excluding carboxylic acids is 3. The fourth-order valence-electron chi connectivity index (χ4n) is 3.66. The smallest absolute Gasteiger partial charge is 0.387 e. The van der Waals surface area contributed by atoms with Gasteiger partial charge in [-0.3, -0.25) is 14.5 Å². The molecule has 1 aromatic rings. The Morgan fingerprint density at radius 2 is 2.00 bits per heavy atom. The summed E-state index contributed by atoms with van der Waals surface area (Å²) in [6, 6.07) is 4.82. The van der Waals surface area contributed by atoms with Gasteiger partial charge >= 0.3 is 12.6 Å². The number of halogens is 2. The first-order valence-electron chi connectivity index (χ1n) is 9.18. The van der Waals surface area contributed by atoms with Crippen molar-refractivity contribution in [2.75, 3.05) is 19.6 Å². The van der Waals surface area contributed by atoms with Crippen molar-refractivity contribution in [1.29, 1.82) is 0 Å². The van der Waals surface area contributed by atoms with Crippen LogP contribution in [0.25, 0.3) is 0 Å². The van der Waals surface area contributed by atoms with Gasteiger partial charge in [0.05, 0.1) is 0 Å². The molecule has 0 radical (unpaired) electrons. The number of urea groups is 1. The molecule has 0 saturated carbocycles. The van der Waals surface area contributed by atoms with Gasteiger partial charge in [0, 0.05) is 13.1 Å². The lowest BCUT2D eigenvalue weighted by Crippen LogP contribution is -2.47. The Morgan fingerprint density at radius 3 is 2.61 bits per heavy atom. The monoisotopic (exact) mass is 395 g/mol. The number of rotatable bonds is 5. The maximum Gasteiger partial charge on any atom is 0.387 e. The minimum atomic E-state index is -2.95. The molecule has 1 N–H and O–H groups in total. The summed E-state index contributed by atoms with van der Waals surface area (Å²) in [5.41, 5.74) is -0.968. The molecule has 2 aliphatic rings. The molecule has 2 aliphatic heterocycles. The molecule has 28 heavy (non-hydrogen) atoms. The van der Waals surface area contributed by atoms with Crippen molar-refractivity contribution in [3.05, 3.63) is 29.8 Å². The molecule has 1 aromatic carbocycles. The number of likely N-dealkylation sites (tertiary alicyclic amines) is 1. The normalized spacial score (nSPS) is 25.2. The first-order valence-corrected chi connectivity index (χ1v) is 9.18. The van der Waals surface area contributed by atoms with E-state index in [1.165, 1.54) is 31.2 Å². The Balaban J connectivity index is 1.72. The van der Waals surface area contributed by atoms with Crippen LogP contribution in [-0.4, -0.2) is 53.9 Å². The number of hydrogen-bond donors (Lipinski definition) is 1. The Hall–Kier alpha value is -2.71. The van der Waals surface area contributed by atoms with Crippen molar-refractivity contribution in [3.8, 4) is 5.75 Å². The lowest BCUT2D eigenvalue weighted by atomic mass is 9.92. The molecule has 3 rings (SSSR count). The molecule has 4 amide bonds. The number of ether oxygens (including phenoxy) is 1. The second-order valence-corrected chi connectivity index (χ2v) is 7.44. The minimum Gasteiger partial charge on any atom is -0.435 e. The average molecular weight is 395 g/mol. The van der Waals surface area contributed by atoms with Gasteiger partial charge in [0.15, 0.2) is 0 Å². The van der Waals surface area contributed by atoms with Gasteiger partial charge in [-0.1, -0.05) is 19.1 Å². The molecule has 2 heterocycles. The molecule has 2 atom stereocenters. The molecular formula is C19H23F2N3O4. The fourth-order valence-corrected chi connectivity index (χ4v) is 3.66. The average Bonchev–Trinajstić information content (AvgIpc) is 2.86. The second-order valence-electron chi connectivity index (χ2n) is 7.44. The van der Waals surface area contributed by atoms with Crippen molar-refractivity contribution in [2.24, 2.45) is 5.92 Å². The molecule has 0 unspecified atom stereocenters. The van der Waals surface area contributed by atoms with Crippen molar-refractivity contribution >= 4 is 17.8 Å². The highest BCUT2D eigenvalue weighted by molar-refractivity contribution is 6.09. The fraction of sp³-hybridized carbons (Fsp3) is 0.526. The van der Waals surface area contributed by atoms with Gasteiger partial charge < -0.3 is 15.0 Å². The predicted molar refractivity (Wildman–Crippen MR) is 95.6 cm³/mol. The Kier molecular flexibility index (Phi) is 5.53. The number of benzene rings is 1. The van der Waals surface area contributed by atoms with Crippen molar-refractivity contribution in [2.45, 2.75) is 38.8 Å². The van der Waals surface area contributed by atoms with E-state index >= 15 is 0 Å². The van der Waals surface area contributed by atoms with Crippen LogP contribution in [0.4, 0.5) is 13.6 Å². The third-order valence-electron chi connectivity index (χ3n) is 5.23. The zero-order valence-corrected chi connectivity index (χ0v) is 15.8. The second kappa shape index (κ2) is 7.73. The summed E-state index contributed by atoms with van der Waals surface area (Å²) in [6.07, 6.45) is 1.95. The molecular weight excluding hydrogens is 372 g/mol. The van der Waals surface area contributed by atoms with Crippen LogP contribution in [0.1, 0.15) is 32.3 Å². The van der Waals surface area contributed by atoms with E-state index < -0.39 is 24.1 Å². The summed E-state index contributed by atoms with van der Waals surface area (Å²) in [5.74, 6) is -0.483. The van der Waals surface area contributed by atoms with Crippen LogP contribution in [0, 0.1) is 5.92 Å². The number of carbonyl (C=O) groups is 3. The van der Waals surface area contributed by atoms with E-state index in [1.807, 2.05) is 0 Å². The maximum absolute atomic E-state index is 12.9. The van der Waals surface area contributed by atoms with E-state index in [2.05, 4.69) is 17.0 Å². The molecule has 0 aliphatic carbocycles. The number of imide groups is 1. The number of alkyl halides is 2. The number of nitrogens with one attached hydrogen (secondary N) is 1. The van der Waals surface area contributed by atoms with Crippen LogP contribution < -0.4 is 10.1 Å². The third kappa shape index (κ3) is 3.93. The molecule has 0 spiro atoms. The molecule has 0 bridgehead atoms. The highest BCUT2D eigenvalue weighted by Crippen LogP contribution is 2.30. The number of hydrogen-bond acceptors (Lipinski definition) is 4.